The maximum atomic E-state index is 12.5. The molecule has 0 radical (unpaired) electrons. The number of hydrogen-bond donors (Lipinski definition) is 0. The molecule has 1 aromatic carbocycles. The Kier molecular flexibility index (Phi) is 5.53. The van der Waals surface area contributed by atoms with Crippen LogP contribution in [0.1, 0.15) is 44.9 Å². The number of rotatable bonds is 3. The Morgan fingerprint density at radius 3 is 2.82 bits per heavy atom. The Balaban J connectivity index is 2.15. The Labute approximate surface area is 168 Å². The predicted molar refractivity (Wildman–Crippen MR) is 106 cm³/mol. The highest BCUT2D eigenvalue weighted by molar-refractivity contribution is 8.14. The van der Waals surface area contributed by atoms with Gasteiger partial charge in [0.1, 0.15) is 17.4 Å². The highest BCUT2D eigenvalue weighted by atomic mass is 32.2. The van der Waals surface area contributed by atoms with Crippen LogP contribution in [0.2, 0.25) is 0 Å². The highest BCUT2D eigenvalue weighted by Crippen LogP contribution is 2.46. The molecule has 1 saturated heterocycles. The number of amidine groups is 1. The van der Waals surface area contributed by atoms with Crippen LogP contribution in [0.5, 0.6) is 5.75 Å². The van der Waals surface area contributed by atoms with E-state index in [-0.39, 0.29) is 11.9 Å². The van der Waals surface area contributed by atoms with Crippen molar-refractivity contribution in [2.24, 2.45) is 10.9 Å². The molecule has 2 aliphatic rings. The monoisotopic (exact) mass is 398 g/mol. The first-order valence-corrected chi connectivity index (χ1v) is 10.1. The lowest BCUT2D eigenvalue weighted by molar-refractivity contribution is -0.172. The van der Waals surface area contributed by atoms with E-state index in [4.69, 9.17) is 14.7 Å². The summed E-state index contributed by atoms with van der Waals surface area (Å²) in [5, 5.41) is 19.0. The van der Waals surface area contributed by atoms with E-state index in [1.54, 1.807) is 32.0 Å². The van der Waals surface area contributed by atoms with Crippen LogP contribution in [-0.4, -0.2) is 40.0 Å². The van der Waals surface area contributed by atoms with Gasteiger partial charge in [0.2, 0.25) is 6.19 Å². The molecule has 3 rings (SSSR count). The van der Waals surface area contributed by atoms with E-state index in [1.807, 2.05) is 24.9 Å². The lowest BCUT2D eigenvalue weighted by Gasteiger charge is -2.47. The Morgan fingerprint density at radius 1 is 1.43 bits per heavy atom. The largest absolute Gasteiger partial charge is 0.484 e. The summed E-state index contributed by atoms with van der Waals surface area (Å²) in [4.78, 5) is 18.4. The summed E-state index contributed by atoms with van der Waals surface area (Å²) in [6, 6.07) is 6.98. The maximum absolute atomic E-state index is 12.5. The molecule has 146 valence electrons. The summed E-state index contributed by atoms with van der Waals surface area (Å²) in [6.45, 7) is 7.97. The summed E-state index contributed by atoms with van der Waals surface area (Å²) in [6.07, 6.45) is 1.22. The molecule has 0 unspecified atom stereocenters. The minimum absolute atomic E-state index is 0.288. The van der Waals surface area contributed by atoms with Crippen LogP contribution in [0.15, 0.2) is 23.2 Å². The molecule has 7 nitrogen and oxygen atoms in total. The van der Waals surface area contributed by atoms with Crippen molar-refractivity contribution in [3.63, 3.8) is 0 Å². The van der Waals surface area contributed by atoms with Crippen molar-refractivity contribution in [2.75, 3.05) is 12.3 Å². The first-order valence-electron chi connectivity index (χ1n) is 9.08. The number of carbonyl (C=O) groups is 1. The third-order valence-electron chi connectivity index (χ3n) is 4.81. The van der Waals surface area contributed by atoms with Gasteiger partial charge in [0.15, 0.2) is 11.3 Å². The first-order chi connectivity index (χ1) is 13.3. The van der Waals surface area contributed by atoms with Crippen molar-refractivity contribution in [3.05, 3.63) is 29.3 Å². The fourth-order valence-electron chi connectivity index (χ4n) is 3.44. The molecule has 0 amide bonds. The van der Waals surface area contributed by atoms with E-state index < -0.39 is 17.7 Å². The lowest BCUT2D eigenvalue weighted by Crippen LogP contribution is -2.56. The Bertz CT molecular complexity index is 898. The summed E-state index contributed by atoms with van der Waals surface area (Å²) in [5.41, 5.74) is 0.446. The van der Waals surface area contributed by atoms with Gasteiger partial charge in [0, 0.05) is 17.9 Å². The van der Waals surface area contributed by atoms with Crippen molar-refractivity contribution >= 4 is 22.9 Å². The molecule has 0 aromatic heterocycles. The molecular weight excluding hydrogens is 376 g/mol. The molecule has 0 N–H and O–H groups in total. The number of nitrogens with zero attached hydrogens (tertiary/aromatic N) is 4. The third-order valence-corrected chi connectivity index (χ3v) is 5.78. The summed E-state index contributed by atoms with van der Waals surface area (Å²) in [7, 11) is 0. The van der Waals surface area contributed by atoms with Gasteiger partial charge in [0.05, 0.1) is 17.6 Å². The molecule has 2 atom stereocenters. The molecule has 1 fully saturated rings. The van der Waals surface area contributed by atoms with Crippen molar-refractivity contribution < 1.29 is 14.3 Å². The van der Waals surface area contributed by atoms with E-state index in [0.29, 0.717) is 23.0 Å². The first kappa shape index (κ1) is 20.0. The second-order valence-corrected chi connectivity index (χ2v) is 8.63. The molecule has 2 heterocycles. The van der Waals surface area contributed by atoms with Crippen LogP contribution in [0.3, 0.4) is 0 Å². The molecule has 28 heavy (non-hydrogen) atoms. The quantitative estimate of drug-likeness (QED) is 0.569. The van der Waals surface area contributed by atoms with Crippen LogP contribution < -0.4 is 4.74 Å². The smallest absolute Gasteiger partial charge is 0.308 e. The zero-order valence-corrected chi connectivity index (χ0v) is 17.1. The average Bonchev–Trinajstić information content (AvgIpc) is 3.09. The minimum atomic E-state index is -0.804. The molecule has 0 saturated carbocycles. The van der Waals surface area contributed by atoms with Gasteiger partial charge < -0.3 is 14.4 Å². The second kappa shape index (κ2) is 7.73. The molecule has 8 heteroatoms. The van der Waals surface area contributed by atoms with Crippen molar-refractivity contribution in [1.29, 1.82) is 10.5 Å². The van der Waals surface area contributed by atoms with Crippen LogP contribution in [0.4, 0.5) is 0 Å². The van der Waals surface area contributed by atoms with E-state index in [9.17, 15) is 10.1 Å². The van der Waals surface area contributed by atoms with Gasteiger partial charge in [-0.2, -0.15) is 10.5 Å². The molecule has 0 spiro atoms. The minimum Gasteiger partial charge on any atom is -0.484 e. The zero-order valence-electron chi connectivity index (χ0n) is 16.3. The fraction of sp³-hybridized carbons (Fsp3) is 0.500. The summed E-state index contributed by atoms with van der Waals surface area (Å²) >= 11 is 1.49. The Hall–Kier alpha value is -2.71. The van der Waals surface area contributed by atoms with Crippen molar-refractivity contribution in [1.82, 2.24) is 4.90 Å². The number of carbonyl (C=O) groups excluding carboxylic acids is 1. The normalized spacial score (nSPS) is 24.2. The second-order valence-electron chi connectivity index (χ2n) is 7.56. The molecular formula is C20H22N4O3S. The van der Waals surface area contributed by atoms with Crippen molar-refractivity contribution in [3.8, 4) is 18.0 Å². The molecule has 0 bridgehead atoms. The fourth-order valence-corrected chi connectivity index (χ4v) is 4.38. The van der Waals surface area contributed by atoms with E-state index in [0.717, 1.165) is 11.3 Å². The number of benzene rings is 1. The highest BCUT2D eigenvalue weighted by Gasteiger charge is 2.50. The van der Waals surface area contributed by atoms with Crippen LogP contribution >= 0.6 is 11.8 Å². The van der Waals surface area contributed by atoms with Gasteiger partial charge in [0.25, 0.3) is 0 Å². The van der Waals surface area contributed by atoms with Gasteiger partial charge in [-0.3, -0.25) is 4.79 Å². The molecule has 1 aromatic rings. The number of fused-ring (bicyclic) bond motifs is 1. The van der Waals surface area contributed by atoms with E-state index in [1.165, 1.54) is 11.8 Å². The van der Waals surface area contributed by atoms with E-state index >= 15 is 0 Å². The number of nitriles is 2. The van der Waals surface area contributed by atoms with Crippen molar-refractivity contribution in [2.45, 2.75) is 45.4 Å². The number of ether oxygens (including phenoxy) is 2. The standard InChI is InChI=1S/C20H22N4O3S/c1-12(2)18(25)26-17-16(24-7-8-28-19(24)23-11-22)14-9-13(10-21)5-6-15(14)27-20(17,3)4/h5-6,9,12,16-17H,7-8H2,1-4H3/t16-,17+/m1/s1. The summed E-state index contributed by atoms with van der Waals surface area (Å²) < 4.78 is 12.1. The van der Waals surface area contributed by atoms with Crippen LogP contribution in [-0.2, 0) is 9.53 Å². The number of thioether (sulfide) groups is 1. The third kappa shape index (κ3) is 3.65. The Morgan fingerprint density at radius 2 is 2.18 bits per heavy atom. The van der Waals surface area contributed by atoms with Gasteiger partial charge in [-0.1, -0.05) is 25.6 Å². The van der Waals surface area contributed by atoms with Gasteiger partial charge in [-0.05, 0) is 32.0 Å². The topological polar surface area (TPSA) is 98.7 Å². The lowest BCUT2D eigenvalue weighted by atomic mass is 9.84. The number of esters is 1. The molecule has 0 aliphatic carbocycles. The van der Waals surface area contributed by atoms with Gasteiger partial charge in [-0.15, -0.1) is 4.99 Å². The average molecular weight is 398 g/mol. The number of aliphatic imine (C=N–C) groups is 1. The predicted octanol–water partition coefficient (Wildman–Crippen LogP) is 3.22. The van der Waals surface area contributed by atoms with Gasteiger partial charge in [-0.25, -0.2) is 0 Å². The molecule has 2 aliphatic heterocycles. The van der Waals surface area contributed by atoms with Crippen LogP contribution in [0.25, 0.3) is 0 Å². The summed E-state index contributed by atoms with van der Waals surface area (Å²) in [5.74, 6) is 0.802. The van der Waals surface area contributed by atoms with Crippen LogP contribution in [0, 0.1) is 28.7 Å². The SMILES string of the molecule is CC(C)C(=O)O[C@H]1[C@H](N2CCSC2=NC#N)c2cc(C#N)ccc2OC1(C)C. The maximum Gasteiger partial charge on any atom is 0.308 e. The zero-order chi connectivity index (χ0) is 20.5. The number of hydrogen-bond acceptors (Lipinski definition) is 7. The van der Waals surface area contributed by atoms with E-state index in [2.05, 4.69) is 11.1 Å². The van der Waals surface area contributed by atoms with Gasteiger partial charge >= 0.3 is 5.97 Å².